The first-order valence-corrected chi connectivity index (χ1v) is 15.3. The van der Waals surface area contributed by atoms with Crippen molar-refractivity contribution in [2.24, 2.45) is 34.5 Å². The molecule has 8 atom stereocenters. The molecule has 4 rings (SSSR count). The van der Waals surface area contributed by atoms with E-state index in [9.17, 15) is 5.11 Å². The summed E-state index contributed by atoms with van der Waals surface area (Å²) in [5.74, 6) is 2.92. The van der Waals surface area contributed by atoms with Crippen LogP contribution in [0.25, 0.3) is 0 Å². The molecular weight excluding hydrogens is 372 g/mol. The average Bonchev–Trinajstić information content (AvgIpc) is 2.90. The maximum atomic E-state index is 10.7. The summed E-state index contributed by atoms with van der Waals surface area (Å²) in [5.41, 5.74) is 2.24. The van der Waals surface area contributed by atoms with E-state index in [0.717, 1.165) is 24.7 Å². The molecule has 0 radical (unpaired) electrons. The van der Waals surface area contributed by atoms with Crippen molar-refractivity contribution in [1.82, 2.24) is 0 Å². The quantitative estimate of drug-likeness (QED) is 0.388. The van der Waals surface area contributed by atoms with Gasteiger partial charge in [-0.25, -0.2) is 0 Å². The number of rotatable bonds is 2. The summed E-state index contributed by atoms with van der Waals surface area (Å²) in [6.45, 7) is 19.3. The lowest BCUT2D eigenvalue weighted by Crippen LogP contribution is -2.54. The van der Waals surface area contributed by atoms with Gasteiger partial charge in [-0.3, -0.25) is 0 Å². The molecule has 4 aliphatic rings. The zero-order valence-corrected chi connectivity index (χ0v) is 21.3. The third kappa shape index (κ3) is 3.33. The summed E-state index contributed by atoms with van der Waals surface area (Å²) in [6, 6.07) is 0. The predicted octanol–water partition coefficient (Wildman–Crippen LogP) is 6.95. The second-order valence-electron chi connectivity index (χ2n) is 13.1. The Morgan fingerprint density at radius 2 is 1.72 bits per heavy atom. The van der Waals surface area contributed by atoms with Gasteiger partial charge in [0.05, 0.1) is 6.10 Å². The van der Waals surface area contributed by atoms with E-state index in [4.69, 9.17) is 4.43 Å². The Morgan fingerprint density at radius 3 is 2.38 bits per heavy atom. The van der Waals surface area contributed by atoms with E-state index in [1.54, 1.807) is 5.57 Å². The van der Waals surface area contributed by atoms with Crippen LogP contribution in [0.3, 0.4) is 0 Å². The molecule has 0 aliphatic heterocycles. The van der Waals surface area contributed by atoms with E-state index in [2.05, 4.69) is 60.7 Å². The fraction of sp³-hybridized carbons (Fsp3) is 0.923. The van der Waals surface area contributed by atoms with Gasteiger partial charge in [0.15, 0.2) is 8.32 Å². The Hall–Kier alpha value is -0.123. The molecule has 1 N–H and O–H groups in total. The zero-order chi connectivity index (χ0) is 21.4. The van der Waals surface area contributed by atoms with Crippen LogP contribution in [-0.2, 0) is 4.43 Å². The van der Waals surface area contributed by atoms with E-state index in [-0.39, 0.29) is 16.6 Å². The molecule has 0 amide bonds. The van der Waals surface area contributed by atoms with Crippen molar-refractivity contribution in [3.63, 3.8) is 0 Å². The first kappa shape index (κ1) is 22.1. The number of aliphatic hydroxyl groups is 1. The highest BCUT2D eigenvalue weighted by molar-refractivity contribution is 6.74. The van der Waals surface area contributed by atoms with E-state index in [1.807, 2.05) is 0 Å². The number of aliphatic hydroxyl groups excluding tert-OH is 1. The molecule has 0 heterocycles. The van der Waals surface area contributed by atoms with Crippen molar-refractivity contribution < 1.29 is 9.53 Å². The number of hydrogen-bond donors (Lipinski definition) is 1. The molecular formula is C26H46O2Si. The normalized spacial score (nSPS) is 47.8. The zero-order valence-electron chi connectivity index (χ0n) is 20.3. The van der Waals surface area contributed by atoms with Crippen LogP contribution >= 0.6 is 0 Å². The molecule has 2 nitrogen and oxygen atoms in total. The second kappa shape index (κ2) is 6.94. The number of fused-ring (bicyclic) bond motifs is 5. The highest BCUT2D eigenvalue weighted by atomic mass is 28.4. The van der Waals surface area contributed by atoms with Crippen molar-refractivity contribution in [1.29, 1.82) is 0 Å². The first-order chi connectivity index (χ1) is 13.3. The van der Waals surface area contributed by atoms with E-state index in [0.29, 0.717) is 23.4 Å². The van der Waals surface area contributed by atoms with Gasteiger partial charge in [0.2, 0.25) is 0 Å². The summed E-state index contributed by atoms with van der Waals surface area (Å²) in [7, 11) is -1.71. The van der Waals surface area contributed by atoms with Crippen LogP contribution in [0.1, 0.15) is 86.5 Å². The highest BCUT2D eigenvalue weighted by Gasteiger charge is 2.60. The molecule has 0 aromatic rings. The van der Waals surface area contributed by atoms with Crippen LogP contribution in [-0.4, -0.2) is 25.6 Å². The molecule has 0 spiro atoms. The molecule has 0 aromatic heterocycles. The standard InChI is InChI=1S/C26H46O2Si/c1-17-15-18-16-19(28-29(7,8)24(2,3)4)11-13-25(18,5)21-12-14-26(6)20(23(17)21)9-10-22(26)27/h15,17,19-23,27H,9-14,16H2,1-8H3/t17-,19-,20-,21-,22?,23-,25-,26-/m0/s1. The van der Waals surface area contributed by atoms with Crippen molar-refractivity contribution in [2.45, 2.75) is 117 Å². The van der Waals surface area contributed by atoms with Crippen LogP contribution in [0, 0.1) is 34.5 Å². The Kier molecular flexibility index (Phi) is 5.28. The fourth-order valence-corrected chi connectivity index (χ4v) is 9.04. The Morgan fingerprint density at radius 1 is 1.03 bits per heavy atom. The van der Waals surface area contributed by atoms with Gasteiger partial charge in [-0.1, -0.05) is 53.2 Å². The number of hydrogen-bond acceptors (Lipinski definition) is 2. The molecule has 1 unspecified atom stereocenters. The minimum atomic E-state index is -1.71. The molecule has 166 valence electrons. The van der Waals surface area contributed by atoms with Gasteiger partial charge >= 0.3 is 0 Å². The Balaban J connectivity index is 1.58. The van der Waals surface area contributed by atoms with Crippen molar-refractivity contribution in [3.05, 3.63) is 11.6 Å². The Labute approximate surface area is 181 Å². The lowest BCUT2D eigenvalue weighted by atomic mass is 9.46. The van der Waals surface area contributed by atoms with Gasteiger partial charge < -0.3 is 9.53 Å². The molecule has 4 aliphatic carbocycles. The topological polar surface area (TPSA) is 29.5 Å². The first-order valence-electron chi connectivity index (χ1n) is 12.4. The Bertz CT molecular complexity index is 677. The summed E-state index contributed by atoms with van der Waals surface area (Å²) in [6.07, 6.45) is 11.5. The van der Waals surface area contributed by atoms with Crippen LogP contribution in [0.4, 0.5) is 0 Å². The van der Waals surface area contributed by atoms with Crippen LogP contribution < -0.4 is 0 Å². The molecule has 0 saturated heterocycles. The lowest BCUT2D eigenvalue weighted by Gasteiger charge is -2.59. The molecule has 0 bridgehead atoms. The monoisotopic (exact) mass is 418 g/mol. The van der Waals surface area contributed by atoms with Crippen LogP contribution in [0.2, 0.25) is 18.1 Å². The third-order valence-electron chi connectivity index (χ3n) is 10.6. The van der Waals surface area contributed by atoms with E-state index in [1.165, 1.54) is 32.1 Å². The second-order valence-corrected chi connectivity index (χ2v) is 17.9. The molecule has 29 heavy (non-hydrogen) atoms. The maximum Gasteiger partial charge on any atom is 0.192 e. The van der Waals surface area contributed by atoms with Crippen LogP contribution in [0.5, 0.6) is 0 Å². The van der Waals surface area contributed by atoms with Crippen molar-refractivity contribution in [3.8, 4) is 0 Å². The number of allylic oxidation sites excluding steroid dienone is 1. The van der Waals surface area contributed by atoms with Gasteiger partial charge in [0, 0.05) is 6.10 Å². The fourth-order valence-electron chi connectivity index (χ4n) is 7.65. The molecule has 3 fully saturated rings. The minimum absolute atomic E-state index is 0.0763. The molecule has 0 aromatic carbocycles. The lowest BCUT2D eigenvalue weighted by molar-refractivity contribution is -0.0842. The smallest absolute Gasteiger partial charge is 0.192 e. The average molecular weight is 419 g/mol. The van der Waals surface area contributed by atoms with Gasteiger partial charge in [-0.2, -0.15) is 0 Å². The summed E-state index contributed by atoms with van der Waals surface area (Å²) >= 11 is 0. The summed E-state index contributed by atoms with van der Waals surface area (Å²) < 4.78 is 6.87. The van der Waals surface area contributed by atoms with E-state index < -0.39 is 8.32 Å². The summed E-state index contributed by atoms with van der Waals surface area (Å²) in [4.78, 5) is 0. The highest BCUT2D eigenvalue weighted by Crippen LogP contribution is 2.66. The van der Waals surface area contributed by atoms with Crippen molar-refractivity contribution in [2.75, 3.05) is 0 Å². The molecule has 3 saturated carbocycles. The SMILES string of the molecule is C[C@H]1C=C2C[C@@H](O[Si](C)(C)C(C)(C)C)CC[C@]2(C)[C@H]2CC[C@]3(C)C(O)CC[C@H]3[C@H]12. The summed E-state index contributed by atoms with van der Waals surface area (Å²) in [5, 5.41) is 11.0. The largest absolute Gasteiger partial charge is 0.414 e. The van der Waals surface area contributed by atoms with Crippen molar-refractivity contribution >= 4 is 8.32 Å². The van der Waals surface area contributed by atoms with Gasteiger partial charge in [-0.15, -0.1) is 0 Å². The minimum Gasteiger partial charge on any atom is -0.414 e. The van der Waals surface area contributed by atoms with Gasteiger partial charge in [0.25, 0.3) is 0 Å². The van der Waals surface area contributed by atoms with Gasteiger partial charge in [0.1, 0.15) is 0 Å². The maximum absolute atomic E-state index is 10.7. The van der Waals surface area contributed by atoms with E-state index >= 15 is 0 Å². The third-order valence-corrected chi connectivity index (χ3v) is 15.1. The predicted molar refractivity (Wildman–Crippen MR) is 124 cm³/mol. The van der Waals surface area contributed by atoms with Gasteiger partial charge in [-0.05, 0) is 97.6 Å². The van der Waals surface area contributed by atoms with Crippen LogP contribution in [0.15, 0.2) is 11.6 Å². The molecule has 3 heteroatoms.